The zero-order valence-corrected chi connectivity index (χ0v) is 15.8. The molecule has 1 aliphatic heterocycles. The van der Waals surface area contributed by atoms with Crippen molar-refractivity contribution in [3.8, 4) is 0 Å². The fourth-order valence-electron chi connectivity index (χ4n) is 2.51. The molecule has 0 radical (unpaired) electrons. The lowest BCUT2D eigenvalue weighted by molar-refractivity contribution is -0.385. The van der Waals surface area contributed by atoms with Gasteiger partial charge in [-0.15, -0.1) is 10.2 Å². The number of fused-ring (bicyclic) bond motifs is 1. The van der Waals surface area contributed by atoms with Gasteiger partial charge in [-0.3, -0.25) is 10.1 Å². The van der Waals surface area contributed by atoms with Crippen molar-refractivity contribution in [3.63, 3.8) is 0 Å². The van der Waals surface area contributed by atoms with Crippen molar-refractivity contribution in [1.29, 1.82) is 0 Å². The second-order valence-corrected chi connectivity index (χ2v) is 6.70. The molecule has 0 spiro atoms. The van der Waals surface area contributed by atoms with E-state index in [1.165, 1.54) is 17.8 Å². The summed E-state index contributed by atoms with van der Waals surface area (Å²) in [6.45, 7) is 5.35. The van der Waals surface area contributed by atoms with E-state index in [9.17, 15) is 14.9 Å². The normalized spacial score (nSPS) is 13.7. The van der Waals surface area contributed by atoms with Crippen molar-refractivity contribution in [2.45, 2.75) is 25.9 Å². The maximum atomic E-state index is 12.5. The van der Waals surface area contributed by atoms with Crippen LogP contribution in [-0.4, -0.2) is 43.8 Å². The van der Waals surface area contributed by atoms with Gasteiger partial charge in [-0.1, -0.05) is 23.9 Å². The highest BCUT2D eigenvalue weighted by Crippen LogP contribution is 2.26. The van der Waals surface area contributed by atoms with Crippen molar-refractivity contribution in [2.24, 2.45) is 5.10 Å². The maximum absolute atomic E-state index is 12.5. The van der Waals surface area contributed by atoms with E-state index in [0.717, 1.165) is 0 Å². The fraction of sp³-hybridized carbons (Fsp3) is 0.294. The zero-order chi connectivity index (χ0) is 19.6. The molecule has 1 aromatic heterocycles. The molecule has 27 heavy (non-hydrogen) atoms. The molecule has 3 rings (SSSR count). The number of rotatable bonds is 5. The molecule has 0 N–H and O–H groups in total. The number of hydrogen-bond acceptors (Lipinski definition) is 8. The molecule has 0 saturated heterocycles. The van der Waals surface area contributed by atoms with Crippen LogP contribution in [0.25, 0.3) is 6.08 Å². The second-order valence-electron chi connectivity index (χ2n) is 5.76. The van der Waals surface area contributed by atoms with Gasteiger partial charge in [0.2, 0.25) is 5.16 Å². The third-order valence-corrected chi connectivity index (χ3v) is 4.80. The minimum Gasteiger partial charge on any atom is -0.462 e. The second kappa shape index (κ2) is 7.70. The van der Waals surface area contributed by atoms with E-state index in [-0.39, 0.29) is 17.9 Å². The van der Waals surface area contributed by atoms with E-state index in [4.69, 9.17) is 4.74 Å². The Morgan fingerprint density at radius 1 is 1.41 bits per heavy atom. The Labute approximate surface area is 159 Å². The van der Waals surface area contributed by atoms with Gasteiger partial charge in [-0.25, -0.2) is 4.79 Å². The molecule has 10 heteroatoms. The molecule has 0 atom stereocenters. The maximum Gasteiger partial charge on any atom is 0.340 e. The third kappa shape index (κ3) is 3.90. The lowest BCUT2D eigenvalue weighted by Gasteiger charge is -2.15. The molecule has 0 saturated carbocycles. The first-order valence-corrected chi connectivity index (χ1v) is 9.16. The molecule has 0 fully saturated rings. The summed E-state index contributed by atoms with van der Waals surface area (Å²) in [7, 11) is 0. The molecule has 0 aliphatic carbocycles. The predicted octanol–water partition coefficient (Wildman–Crippen LogP) is 2.76. The van der Waals surface area contributed by atoms with E-state index in [2.05, 4.69) is 15.3 Å². The zero-order valence-electron chi connectivity index (χ0n) is 15.0. The minimum absolute atomic E-state index is 0.0103. The van der Waals surface area contributed by atoms with Crippen molar-refractivity contribution < 1.29 is 14.5 Å². The Balaban J connectivity index is 2.08. The Bertz CT molecular complexity index is 980. The molecule has 2 aromatic rings. The topological polar surface area (TPSA) is 113 Å². The Morgan fingerprint density at radius 3 is 2.89 bits per heavy atom. The van der Waals surface area contributed by atoms with Crippen LogP contribution >= 0.6 is 11.8 Å². The molecular formula is C17H17N5O4S. The van der Waals surface area contributed by atoms with Crippen molar-refractivity contribution in [1.82, 2.24) is 14.9 Å². The summed E-state index contributed by atoms with van der Waals surface area (Å²) in [5.41, 5.74) is 1.81. The number of nitrogens with zero attached hydrogens (tertiary/aromatic N) is 5. The van der Waals surface area contributed by atoms with Crippen LogP contribution in [0.15, 0.2) is 34.0 Å². The molecule has 0 bridgehead atoms. The van der Waals surface area contributed by atoms with Gasteiger partial charge in [0.25, 0.3) is 5.69 Å². The Hall–Kier alpha value is -3.01. The molecule has 0 unspecified atom stereocenters. The molecule has 0 amide bonds. The van der Waals surface area contributed by atoms with E-state index < -0.39 is 10.9 Å². The van der Waals surface area contributed by atoms with Gasteiger partial charge in [0.15, 0.2) is 5.82 Å². The first-order chi connectivity index (χ1) is 12.9. The van der Waals surface area contributed by atoms with Crippen LogP contribution in [0.2, 0.25) is 0 Å². The smallest absolute Gasteiger partial charge is 0.340 e. The first kappa shape index (κ1) is 18.8. The van der Waals surface area contributed by atoms with Crippen LogP contribution in [0.3, 0.4) is 0 Å². The number of aromatic nitrogens is 3. The summed E-state index contributed by atoms with van der Waals surface area (Å²) in [4.78, 5) is 23.3. The summed E-state index contributed by atoms with van der Waals surface area (Å²) < 4.78 is 6.72. The van der Waals surface area contributed by atoms with Gasteiger partial charge in [-0.2, -0.15) is 9.78 Å². The molecule has 9 nitrogen and oxygen atoms in total. The largest absolute Gasteiger partial charge is 0.462 e. The summed E-state index contributed by atoms with van der Waals surface area (Å²) in [6, 6.07) is 4.79. The number of hydrogen-bond donors (Lipinski definition) is 0. The third-order valence-electron chi connectivity index (χ3n) is 3.87. The number of carbonyl (C=O) groups excluding carboxylic acids is 1. The first-order valence-electron chi connectivity index (χ1n) is 8.17. The van der Waals surface area contributed by atoms with Crippen LogP contribution in [0.5, 0.6) is 0 Å². The predicted molar refractivity (Wildman–Crippen MR) is 101 cm³/mol. The van der Waals surface area contributed by atoms with Crippen LogP contribution in [0.4, 0.5) is 5.69 Å². The van der Waals surface area contributed by atoms with Gasteiger partial charge in [0.1, 0.15) is 0 Å². The van der Waals surface area contributed by atoms with Crippen molar-refractivity contribution in [3.05, 3.63) is 50.8 Å². The minimum atomic E-state index is -0.533. The summed E-state index contributed by atoms with van der Waals surface area (Å²) in [5, 5.41) is 24.3. The van der Waals surface area contributed by atoms with E-state index >= 15 is 0 Å². The number of aryl methyl sites for hydroxylation is 2. The highest BCUT2D eigenvalue weighted by molar-refractivity contribution is 7.99. The number of ether oxygens (including phenoxy) is 1. The van der Waals surface area contributed by atoms with Crippen LogP contribution in [-0.2, 0) is 9.53 Å². The van der Waals surface area contributed by atoms with Crippen molar-refractivity contribution in [2.75, 3.05) is 12.4 Å². The highest BCUT2D eigenvalue weighted by atomic mass is 32.2. The van der Waals surface area contributed by atoms with Crippen LogP contribution in [0.1, 0.15) is 23.9 Å². The lowest BCUT2D eigenvalue weighted by atomic mass is 10.0. The summed E-state index contributed by atoms with van der Waals surface area (Å²) >= 11 is 1.40. The Morgan fingerprint density at radius 2 is 2.19 bits per heavy atom. The van der Waals surface area contributed by atoms with Crippen LogP contribution < -0.4 is 0 Å². The standard InChI is InChI=1S/C17H17N5O4S/c1-4-26-16(23)13(7-12-6-5-10(2)15(8-12)22(24)25)14-9-27-17-19-18-11(3)21(17)20-14/h5-8H,4,9H2,1-3H3. The van der Waals surface area contributed by atoms with Gasteiger partial charge < -0.3 is 4.74 Å². The number of esters is 1. The average molecular weight is 387 g/mol. The molecule has 2 heterocycles. The quantitative estimate of drug-likeness (QED) is 0.335. The number of nitro groups is 1. The van der Waals surface area contributed by atoms with Gasteiger partial charge in [0, 0.05) is 17.4 Å². The van der Waals surface area contributed by atoms with Gasteiger partial charge in [-0.05, 0) is 32.4 Å². The van der Waals surface area contributed by atoms with Crippen LogP contribution in [0, 0.1) is 24.0 Å². The molecule has 140 valence electrons. The fourth-order valence-corrected chi connectivity index (χ4v) is 3.38. The number of nitro benzene ring substituents is 1. The monoisotopic (exact) mass is 387 g/mol. The number of thioether (sulfide) groups is 1. The highest BCUT2D eigenvalue weighted by Gasteiger charge is 2.24. The van der Waals surface area contributed by atoms with E-state index in [0.29, 0.717) is 33.6 Å². The lowest BCUT2D eigenvalue weighted by Crippen LogP contribution is -2.21. The average Bonchev–Trinajstić information content (AvgIpc) is 3.01. The molecule has 1 aliphatic rings. The van der Waals surface area contributed by atoms with Crippen molar-refractivity contribution >= 4 is 35.2 Å². The summed E-state index contributed by atoms with van der Waals surface area (Å²) in [6.07, 6.45) is 1.56. The molecule has 1 aromatic carbocycles. The van der Waals surface area contributed by atoms with E-state index in [1.807, 2.05) is 0 Å². The van der Waals surface area contributed by atoms with Gasteiger partial charge >= 0.3 is 5.97 Å². The molecular weight excluding hydrogens is 370 g/mol. The number of benzene rings is 1. The van der Waals surface area contributed by atoms with E-state index in [1.54, 1.807) is 43.7 Å². The number of carbonyl (C=O) groups is 1. The summed E-state index contributed by atoms with van der Waals surface area (Å²) in [5.74, 6) is 0.481. The van der Waals surface area contributed by atoms with Gasteiger partial charge in [0.05, 0.1) is 22.8 Å². The SMILES string of the molecule is CCOC(=O)C(=Cc1ccc(C)c([N+](=O)[O-])c1)C1=Nn2c(C)nnc2SC1. The Kier molecular flexibility index (Phi) is 5.36.